The molecular weight excluding hydrogens is 439 g/mol. The summed E-state index contributed by atoms with van der Waals surface area (Å²) in [6.07, 6.45) is -3.02. The van der Waals surface area contributed by atoms with Crippen LogP contribution in [0.1, 0.15) is 29.5 Å². The summed E-state index contributed by atoms with van der Waals surface area (Å²) in [5, 5.41) is 11.9. The van der Waals surface area contributed by atoms with E-state index < -0.39 is 32.6 Å². The van der Waals surface area contributed by atoms with E-state index in [1.165, 1.54) is 6.07 Å². The summed E-state index contributed by atoms with van der Waals surface area (Å²) in [5.74, 6) is 0.104. The minimum absolute atomic E-state index is 0.0149. The molecule has 2 bridgehead atoms. The average molecular weight is 462 g/mol. The molecule has 0 spiro atoms. The van der Waals surface area contributed by atoms with Gasteiger partial charge in [0, 0.05) is 19.1 Å². The summed E-state index contributed by atoms with van der Waals surface area (Å²) >= 11 is 0. The van der Waals surface area contributed by atoms with Gasteiger partial charge in [-0.2, -0.15) is 18.4 Å². The van der Waals surface area contributed by atoms with Crippen LogP contribution < -0.4 is 9.62 Å². The number of sulfonamides is 1. The van der Waals surface area contributed by atoms with Crippen molar-refractivity contribution in [2.45, 2.75) is 36.9 Å². The highest BCUT2D eigenvalue weighted by molar-refractivity contribution is 7.93. The van der Waals surface area contributed by atoms with Crippen LogP contribution in [0.4, 0.5) is 18.9 Å². The zero-order chi connectivity index (χ0) is 22.7. The molecule has 5 nitrogen and oxygen atoms in total. The molecule has 1 heterocycles. The van der Waals surface area contributed by atoms with E-state index in [1.807, 2.05) is 30.3 Å². The van der Waals surface area contributed by atoms with Gasteiger partial charge < -0.3 is 5.32 Å². The minimum atomic E-state index is -4.73. The lowest BCUT2D eigenvalue weighted by Gasteiger charge is -2.30. The Morgan fingerprint density at radius 2 is 1.84 bits per heavy atom. The molecule has 0 unspecified atom stereocenters. The topological polar surface area (TPSA) is 73.2 Å². The highest BCUT2D eigenvalue weighted by Crippen LogP contribution is 2.56. The zero-order valence-electron chi connectivity index (χ0n) is 17.1. The summed E-state index contributed by atoms with van der Waals surface area (Å²) < 4.78 is 68.3. The van der Waals surface area contributed by atoms with Gasteiger partial charge in [-0.25, -0.2) is 8.42 Å². The summed E-state index contributed by atoms with van der Waals surface area (Å²) in [6.45, 7) is 0.850. The van der Waals surface area contributed by atoms with Crippen molar-refractivity contribution < 1.29 is 21.6 Å². The molecule has 2 saturated carbocycles. The molecule has 2 aromatic carbocycles. The number of anilines is 1. The number of nitrogens with one attached hydrogen (secondary N) is 1. The molecule has 0 radical (unpaired) electrons. The molecule has 2 aliphatic carbocycles. The van der Waals surface area contributed by atoms with Crippen molar-refractivity contribution in [2.75, 3.05) is 10.8 Å². The Morgan fingerprint density at radius 3 is 2.53 bits per heavy atom. The molecule has 1 aliphatic heterocycles. The van der Waals surface area contributed by atoms with E-state index in [1.54, 1.807) is 6.07 Å². The lowest BCUT2D eigenvalue weighted by atomic mass is 9.85. The van der Waals surface area contributed by atoms with Gasteiger partial charge in [0.25, 0.3) is 0 Å². The fourth-order valence-electron chi connectivity index (χ4n) is 5.90. The lowest BCUT2D eigenvalue weighted by Crippen LogP contribution is -2.44. The number of rotatable bonds is 4. The fraction of sp³-hybridized carbons (Fsp3) is 0.435. The summed E-state index contributed by atoms with van der Waals surface area (Å²) in [4.78, 5) is 0. The number of nitrogens with zero attached hydrogens (tertiary/aromatic N) is 2. The highest BCUT2D eigenvalue weighted by Gasteiger charge is 2.62. The Balaban J connectivity index is 1.40. The van der Waals surface area contributed by atoms with Crippen LogP contribution in [-0.4, -0.2) is 26.3 Å². The maximum Gasteiger partial charge on any atom is 0.417 e. The van der Waals surface area contributed by atoms with Gasteiger partial charge in [0.2, 0.25) is 10.0 Å². The lowest BCUT2D eigenvalue weighted by molar-refractivity contribution is -0.137. The largest absolute Gasteiger partial charge is 0.417 e. The van der Waals surface area contributed by atoms with Crippen LogP contribution in [0.15, 0.2) is 48.5 Å². The Morgan fingerprint density at radius 1 is 1.09 bits per heavy atom. The van der Waals surface area contributed by atoms with Gasteiger partial charge in [-0.15, -0.1) is 0 Å². The molecule has 32 heavy (non-hydrogen) atoms. The van der Waals surface area contributed by atoms with Crippen LogP contribution in [0.2, 0.25) is 0 Å². The number of alkyl halides is 3. The summed E-state index contributed by atoms with van der Waals surface area (Å²) in [6, 6.07) is 14.7. The van der Waals surface area contributed by atoms with Crippen LogP contribution in [0.5, 0.6) is 0 Å². The van der Waals surface area contributed by atoms with Gasteiger partial charge >= 0.3 is 6.18 Å². The monoisotopic (exact) mass is 461 g/mol. The second-order valence-electron chi connectivity index (χ2n) is 8.91. The van der Waals surface area contributed by atoms with E-state index in [4.69, 9.17) is 5.26 Å². The van der Waals surface area contributed by atoms with Crippen LogP contribution in [0, 0.1) is 29.1 Å². The SMILES string of the molecule is N#Cc1ccc(N2C[C@H]3[C@H]4C[C@H]([C@H]3S2(=O)=O)[C@H](NCc2ccccc2)C4)cc1C(F)(F)F. The van der Waals surface area contributed by atoms with Crippen molar-refractivity contribution >= 4 is 15.7 Å². The van der Waals surface area contributed by atoms with Gasteiger partial charge in [-0.05, 0) is 54.4 Å². The second kappa shape index (κ2) is 7.49. The van der Waals surface area contributed by atoms with Crippen LogP contribution >= 0.6 is 0 Å². The Labute approximate surface area is 184 Å². The molecule has 3 fully saturated rings. The maximum atomic E-state index is 13.5. The third-order valence-corrected chi connectivity index (χ3v) is 9.62. The smallest absolute Gasteiger partial charge is 0.310 e. The van der Waals surface area contributed by atoms with E-state index in [-0.39, 0.29) is 36.0 Å². The highest BCUT2D eigenvalue weighted by atomic mass is 32.2. The molecule has 3 aliphatic rings. The standard InChI is InChI=1S/C23H22F3N3O2S/c24-23(25,26)20-10-17(7-6-15(20)11-27)29-13-19-16-8-18(22(19)32(29,30)31)21(9-16)28-12-14-4-2-1-3-5-14/h1-7,10,16,18-19,21-22,28H,8-9,12-13H2/t16-,18-,19-,21+,22+/m0/s1. The molecule has 1 N–H and O–H groups in total. The van der Waals surface area contributed by atoms with E-state index in [9.17, 15) is 21.6 Å². The van der Waals surface area contributed by atoms with Gasteiger partial charge in [0.1, 0.15) is 0 Å². The van der Waals surface area contributed by atoms with Gasteiger partial charge in [-0.3, -0.25) is 4.31 Å². The predicted octanol–water partition coefficient (Wildman–Crippen LogP) is 3.91. The van der Waals surface area contributed by atoms with Crippen molar-refractivity contribution in [1.82, 2.24) is 5.32 Å². The van der Waals surface area contributed by atoms with E-state index >= 15 is 0 Å². The van der Waals surface area contributed by atoms with Crippen molar-refractivity contribution in [1.29, 1.82) is 5.26 Å². The second-order valence-corrected chi connectivity index (χ2v) is 10.9. The van der Waals surface area contributed by atoms with Crippen molar-refractivity contribution in [3.05, 3.63) is 65.2 Å². The number of benzene rings is 2. The summed E-state index contributed by atoms with van der Waals surface area (Å²) in [5.41, 5.74) is -0.502. The molecule has 5 rings (SSSR count). The van der Waals surface area contributed by atoms with Crippen molar-refractivity contribution in [3.8, 4) is 6.07 Å². The molecule has 0 amide bonds. The van der Waals surface area contributed by atoms with Gasteiger partial charge in [-0.1, -0.05) is 30.3 Å². The van der Waals surface area contributed by atoms with Crippen LogP contribution in [0.25, 0.3) is 0 Å². The molecule has 168 valence electrons. The number of halogens is 3. The number of hydrogen-bond acceptors (Lipinski definition) is 4. The number of fused-ring (bicyclic) bond motifs is 5. The Kier molecular flexibility index (Phi) is 4.98. The first-order valence-corrected chi connectivity index (χ1v) is 12.1. The molecule has 5 atom stereocenters. The Hall–Kier alpha value is -2.57. The molecule has 2 aromatic rings. The minimum Gasteiger partial charge on any atom is -0.310 e. The molecule has 9 heteroatoms. The van der Waals surface area contributed by atoms with E-state index in [0.29, 0.717) is 6.54 Å². The number of hydrogen-bond donors (Lipinski definition) is 1. The van der Waals surface area contributed by atoms with Gasteiger partial charge in [0.05, 0.1) is 28.1 Å². The van der Waals surface area contributed by atoms with Crippen LogP contribution in [-0.2, 0) is 22.7 Å². The maximum absolute atomic E-state index is 13.5. The summed E-state index contributed by atoms with van der Waals surface area (Å²) in [7, 11) is -3.80. The predicted molar refractivity (Wildman–Crippen MR) is 113 cm³/mol. The first kappa shape index (κ1) is 21.3. The average Bonchev–Trinajstić information content (AvgIpc) is 3.42. The first-order chi connectivity index (χ1) is 15.2. The zero-order valence-corrected chi connectivity index (χ0v) is 17.9. The fourth-order valence-corrected chi connectivity index (χ4v) is 8.47. The normalized spacial score (nSPS) is 30.3. The Bertz CT molecular complexity index is 1180. The van der Waals surface area contributed by atoms with E-state index in [0.717, 1.165) is 34.8 Å². The van der Waals surface area contributed by atoms with Crippen LogP contribution in [0.3, 0.4) is 0 Å². The molecular formula is C23H22F3N3O2S. The number of nitriles is 1. The van der Waals surface area contributed by atoms with Crippen molar-refractivity contribution in [2.24, 2.45) is 17.8 Å². The quantitative estimate of drug-likeness (QED) is 0.749. The first-order valence-electron chi connectivity index (χ1n) is 10.6. The van der Waals surface area contributed by atoms with Gasteiger partial charge in [0.15, 0.2) is 0 Å². The molecule has 0 aromatic heterocycles. The third-order valence-electron chi connectivity index (χ3n) is 7.25. The third kappa shape index (κ3) is 3.37. The molecule has 1 saturated heterocycles. The van der Waals surface area contributed by atoms with E-state index in [2.05, 4.69) is 5.32 Å². The van der Waals surface area contributed by atoms with Crippen molar-refractivity contribution in [3.63, 3.8) is 0 Å².